The van der Waals surface area contributed by atoms with E-state index in [4.69, 9.17) is 5.73 Å². The molecule has 0 bridgehead atoms. The van der Waals surface area contributed by atoms with Crippen LogP contribution in [0.2, 0.25) is 0 Å². The molecule has 0 saturated heterocycles. The van der Waals surface area contributed by atoms with E-state index in [0.29, 0.717) is 30.8 Å². The Morgan fingerprint density at radius 2 is 1.47 bits per heavy atom. The van der Waals surface area contributed by atoms with Crippen LogP contribution in [0.3, 0.4) is 0 Å². The van der Waals surface area contributed by atoms with Crippen LogP contribution < -0.4 is 5.73 Å². The molecule has 7 nitrogen and oxygen atoms in total. The maximum absolute atomic E-state index is 15.2. The van der Waals surface area contributed by atoms with Gasteiger partial charge < -0.3 is 15.9 Å². The quantitative estimate of drug-likeness (QED) is 0.132. The van der Waals surface area contributed by atoms with Gasteiger partial charge in [0, 0.05) is 19.4 Å². The molecule has 0 radical (unpaired) electrons. The number of carbonyl (C=O) groups excluding carboxylic acids is 2. The molecule has 4 N–H and O–H groups in total. The van der Waals surface area contributed by atoms with Crippen LogP contribution in [-0.4, -0.2) is 52.1 Å². The largest absolute Gasteiger partial charge is 0.481 e. The second kappa shape index (κ2) is 14.4. The van der Waals surface area contributed by atoms with Gasteiger partial charge in [-0.15, -0.1) is 0 Å². The zero-order chi connectivity index (χ0) is 36.0. The smallest absolute Gasteiger partial charge is 0.303 e. The van der Waals surface area contributed by atoms with Crippen molar-refractivity contribution in [1.82, 2.24) is 4.90 Å². The number of allylic oxidation sites excluding steroid dienone is 1. The predicted molar refractivity (Wildman–Crippen MR) is 195 cm³/mol. The van der Waals surface area contributed by atoms with Gasteiger partial charge in [0.15, 0.2) is 0 Å². The lowest BCUT2D eigenvalue weighted by Gasteiger charge is -2.72. The van der Waals surface area contributed by atoms with Crippen molar-refractivity contribution in [2.45, 2.75) is 163 Å². The fraction of sp³-hybridized carbons (Fsp3) is 0.881. The van der Waals surface area contributed by atoms with Crippen molar-refractivity contribution in [3.8, 4) is 0 Å². The molecule has 5 aliphatic carbocycles. The van der Waals surface area contributed by atoms with Crippen molar-refractivity contribution < 1.29 is 24.6 Å². The summed E-state index contributed by atoms with van der Waals surface area (Å²) >= 11 is 0. The summed E-state index contributed by atoms with van der Waals surface area (Å²) in [6.45, 7) is 20.1. The summed E-state index contributed by atoms with van der Waals surface area (Å²) in [6.07, 6.45) is 15.0. The summed E-state index contributed by atoms with van der Waals surface area (Å²) in [5.74, 6) is 0.846. The number of carboxylic acid groups (broad SMARTS) is 1. The molecule has 5 aliphatic rings. The Morgan fingerprint density at radius 1 is 0.776 bits per heavy atom. The molecular weight excluding hydrogens is 612 g/mol. The van der Waals surface area contributed by atoms with Gasteiger partial charge in [0.2, 0.25) is 11.8 Å². The van der Waals surface area contributed by atoms with Crippen molar-refractivity contribution >= 4 is 17.8 Å². The summed E-state index contributed by atoms with van der Waals surface area (Å²) < 4.78 is 0. The van der Waals surface area contributed by atoms with E-state index in [9.17, 15) is 19.8 Å². The van der Waals surface area contributed by atoms with Gasteiger partial charge in [-0.05, 0) is 148 Å². The second-order valence-electron chi connectivity index (χ2n) is 18.9. The Hall–Kier alpha value is -1.73. The van der Waals surface area contributed by atoms with Crippen LogP contribution in [0.25, 0.3) is 0 Å². The predicted octanol–water partition coefficient (Wildman–Crippen LogP) is 8.52. The second-order valence-corrected chi connectivity index (χ2v) is 18.9. The van der Waals surface area contributed by atoms with Gasteiger partial charge in [-0.2, -0.15) is 0 Å². The molecule has 5 rings (SSSR count). The molecule has 278 valence electrons. The Balaban J connectivity index is 1.46. The number of carboxylic acids is 1. The zero-order valence-electron chi connectivity index (χ0n) is 32.0. The molecule has 10 atom stereocenters. The highest BCUT2D eigenvalue weighted by molar-refractivity contribution is 5.98. The number of fused-ring (bicyclic) bond motifs is 7. The molecule has 2 amide bonds. The first-order chi connectivity index (χ1) is 23.0. The van der Waals surface area contributed by atoms with Gasteiger partial charge in [-0.3, -0.25) is 19.3 Å². The van der Waals surface area contributed by atoms with Crippen LogP contribution in [0.5, 0.6) is 0 Å². The minimum atomic E-state index is -0.907. The third-order valence-corrected chi connectivity index (χ3v) is 16.4. The first kappa shape index (κ1) is 38.5. The lowest BCUT2D eigenvalue weighted by atomic mass is 9.32. The number of hydrogen-bond acceptors (Lipinski definition) is 5. The van der Waals surface area contributed by atoms with Gasteiger partial charge in [0.1, 0.15) is 0 Å². The maximum Gasteiger partial charge on any atom is 0.303 e. The Bertz CT molecular complexity index is 1260. The number of aliphatic hydroxyl groups is 1. The summed E-state index contributed by atoms with van der Waals surface area (Å²) in [4.78, 5) is 41.9. The van der Waals surface area contributed by atoms with Gasteiger partial charge in [0.25, 0.3) is 0 Å². The van der Waals surface area contributed by atoms with Crippen LogP contribution in [0.4, 0.5) is 0 Å². The molecule has 0 spiro atoms. The minimum Gasteiger partial charge on any atom is -0.481 e. The topological polar surface area (TPSA) is 121 Å². The number of aliphatic hydroxyl groups excluding tert-OH is 1. The third-order valence-electron chi connectivity index (χ3n) is 16.4. The summed E-state index contributed by atoms with van der Waals surface area (Å²) in [5, 5.41) is 20.4. The molecule has 5 fully saturated rings. The van der Waals surface area contributed by atoms with Crippen LogP contribution in [0.15, 0.2) is 12.2 Å². The van der Waals surface area contributed by atoms with Crippen LogP contribution in [0, 0.1) is 56.7 Å². The Kier molecular flexibility index (Phi) is 11.3. The zero-order valence-corrected chi connectivity index (χ0v) is 32.0. The maximum atomic E-state index is 15.2. The third kappa shape index (κ3) is 6.37. The number of hydrogen-bond donors (Lipinski definition) is 3. The van der Waals surface area contributed by atoms with Crippen molar-refractivity contribution in [2.75, 3.05) is 13.1 Å². The van der Waals surface area contributed by atoms with Gasteiger partial charge in [-0.25, -0.2) is 0 Å². The van der Waals surface area contributed by atoms with Crippen LogP contribution >= 0.6 is 0 Å². The van der Waals surface area contributed by atoms with Gasteiger partial charge in [0.05, 0.1) is 11.5 Å². The number of rotatable bonds is 13. The number of unbranched alkanes of at least 4 members (excludes halogenated alkanes) is 4. The Morgan fingerprint density at radius 3 is 2.14 bits per heavy atom. The van der Waals surface area contributed by atoms with E-state index in [-0.39, 0.29) is 70.7 Å². The fourth-order valence-electron chi connectivity index (χ4n) is 13.6. The number of carbonyl (C=O) groups is 3. The number of amides is 2. The molecule has 1 unspecified atom stereocenters. The number of aliphatic carboxylic acids is 1. The van der Waals surface area contributed by atoms with Crippen molar-refractivity contribution in [1.29, 1.82) is 0 Å². The molecule has 5 saturated carbocycles. The van der Waals surface area contributed by atoms with Crippen LogP contribution in [-0.2, 0) is 14.4 Å². The van der Waals surface area contributed by atoms with E-state index >= 15 is 4.79 Å². The minimum absolute atomic E-state index is 0.0246. The average Bonchev–Trinajstić information content (AvgIpc) is 3.44. The van der Waals surface area contributed by atoms with E-state index in [1.165, 1.54) is 18.4 Å². The molecule has 0 aromatic heterocycles. The van der Waals surface area contributed by atoms with E-state index < -0.39 is 11.4 Å². The van der Waals surface area contributed by atoms with Gasteiger partial charge >= 0.3 is 5.97 Å². The summed E-state index contributed by atoms with van der Waals surface area (Å²) in [6, 6.07) is 0. The normalized spacial score (nSPS) is 40.7. The van der Waals surface area contributed by atoms with Gasteiger partial charge in [-0.1, -0.05) is 66.0 Å². The summed E-state index contributed by atoms with van der Waals surface area (Å²) in [5.41, 5.74) is 6.64. The lowest BCUT2D eigenvalue weighted by molar-refractivity contribution is -0.247. The number of nitrogens with two attached hydrogens (primary N) is 1. The first-order valence-electron chi connectivity index (χ1n) is 20.1. The molecule has 0 aromatic carbocycles. The van der Waals surface area contributed by atoms with Crippen molar-refractivity contribution in [2.24, 2.45) is 62.4 Å². The Labute approximate surface area is 297 Å². The number of imide groups is 1. The fourth-order valence-corrected chi connectivity index (χ4v) is 13.6. The molecule has 0 heterocycles. The van der Waals surface area contributed by atoms with Crippen LogP contribution in [0.1, 0.15) is 157 Å². The molecule has 49 heavy (non-hydrogen) atoms. The summed E-state index contributed by atoms with van der Waals surface area (Å²) in [7, 11) is 0. The highest BCUT2D eigenvalue weighted by Crippen LogP contribution is 2.77. The molecule has 0 aliphatic heterocycles. The highest BCUT2D eigenvalue weighted by Gasteiger charge is 2.72. The average molecular weight is 683 g/mol. The monoisotopic (exact) mass is 683 g/mol. The molecule has 0 aromatic rings. The lowest BCUT2D eigenvalue weighted by Crippen LogP contribution is -2.67. The number of nitrogens with zero attached hydrogens (tertiary/aromatic N) is 1. The first-order valence-corrected chi connectivity index (χ1v) is 20.1. The van der Waals surface area contributed by atoms with E-state index in [1.807, 2.05) is 0 Å². The van der Waals surface area contributed by atoms with E-state index in [0.717, 1.165) is 83.5 Å². The highest BCUT2D eigenvalue weighted by atomic mass is 16.4. The van der Waals surface area contributed by atoms with E-state index in [1.54, 1.807) is 4.90 Å². The molecular formula is C42H70N2O5. The van der Waals surface area contributed by atoms with Crippen molar-refractivity contribution in [3.63, 3.8) is 0 Å². The standard InChI is InChI=1S/C42H70N2O5/c1-28(2)29-18-23-42(37(49)44(27-12-10-8-9-11-26-43)34(46)14-13-15-35(47)48)25-24-40(6)30(36(29)42)16-17-32-39(5)21-20-33(45)38(3,4)31(39)19-22-41(32,40)7/h29-33,36,45H,1,8-27,43H2,2-7H3,(H,47,48)/t29-,30+,31-,32?,33-,36+,39-,40+,41+,42-/m0/s1. The SMILES string of the molecule is C=C(C)[C@@H]1CC[C@]2(C(=O)N(CCCCCCCN)C(=O)CCCC(=O)O)CC[C@]3(C)[C@H](CCC4[C@@]5(C)CC[C@H](O)C(C)(C)[C@@H]5CC[C@]43C)[C@@H]12. The van der Waals surface area contributed by atoms with Crippen molar-refractivity contribution in [3.05, 3.63) is 12.2 Å². The van der Waals surface area contributed by atoms with E-state index in [2.05, 4.69) is 48.1 Å². The molecule has 7 heteroatoms.